The Kier molecular flexibility index (Phi) is 12.2. The molecule has 0 bridgehead atoms. The molecule has 0 saturated heterocycles. The Labute approximate surface area is 219 Å². The molecule has 0 radical (unpaired) electrons. The standard InChI is InChI=1S/C27H40N8O2/c1-34-18-17-31-27(34)35(2)33-26-13-9-24(10-14-26)30-16-6-22-37-20-4-3-19-36-21-5-15-29-23-7-11-25(32-28)12-8-23/h7-14,17-18,28-30,33H,3-6,15-16,19-22H2,1-2H3. The van der Waals surface area contributed by atoms with Gasteiger partial charge in [0.25, 0.3) is 0 Å². The third-order valence-corrected chi connectivity index (χ3v) is 5.69. The van der Waals surface area contributed by atoms with Crippen molar-refractivity contribution >= 4 is 28.7 Å². The van der Waals surface area contributed by atoms with Crippen LogP contribution in [0.1, 0.15) is 25.7 Å². The van der Waals surface area contributed by atoms with Crippen molar-refractivity contribution in [1.82, 2.24) is 9.55 Å². The van der Waals surface area contributed by atoms with Crippen molar-refractivity contribution in [2.45, 2.75) is 25.7 Å². The van der Waals surface area contributed by atoms with E-state index in [0.29, 0.717) is 5.69 Å². The number of imidazole rings is 1. The average molecular weight is 509 g/mol. The molecule has 0 saturated carbocycles. The largest absolute Gasteiger partial charge is 0.385 e. The van der Waals surface area contributed by atoms with Crippen LogP contribution < -0.4 is 21.1 Å². The quantitative estimate of drug-likeness (QED) is 0.0938. The highest BCUT2D eigenvalue weighted by Crippen LogP contribution is 2.17. The van der Waals surface area contributed by atoms with Crippen LogP contribution in [0.3, 0.4) is 0 Å². The first-order valence-corrected chi connectivity index (χ1v) is 12.8. The van der Waals surface area contributed by atoms with E-state index < -0.39 is 0 Å². The molecule has 0 unspecified atom stereocenters. The number of nitrogens with zero attached hydrogens (tertiary/aromatic N) is 4. The van der Waals surface area contributed by atoms with E-state index in [4.69, 9.17) is 15.0 Å². The topological polar surface area (TPSA) is 112 Å². The number of rotatable bonds is 19. The molecule has 1 aromatic heterocycles. The molecule has 0 spiro atoms. The number of nitrogens with one attached hydrogen (secondary N) is 4. The van der Waals surface area contributed by atoms with Gasteiger partial charge in [-0.3, -0.25) is 10.4 Å². The van der Waals surface area contributed by atoms with Crippen LogP contribution in [-0.2, 0) is 16.5 Å². The van der Waals surface area contributed by atoms with E-state index in [-0.39, 0.29) is 0 Å². The summed E-state index contributed by atoms with van der Waals surface area (Å²) in [6, 6.07) is 15.8. The molecule has 0 atom stereocenters. The van der Waals surface area contributed by atoms with E-state index in [9.17, 15) is 0 Å². The number of unbranched alkanes of at least 4 members (excludes halogenated alkanes) is 1. The molecule has 3 rings (SSSR count). The Morgan fingerprint density at radius 3 is 1.84 bits per heavy atom. The maximum atomic E-state index is 6.97. The Morgan fingerprint density at radius 2 is 1.32 bits per heavy atom. The minimum atomic E-state index is 0.662. The molecule has 4 N–H and O–H groups in total. The smallest absolute Gasteiger partial charge is 0.223 e. The molecule has 0 aliphatic carbocycles. The summed E-state index contributed by atoms with van der Waals surface area (Å²) in [4.78, 5) is 4.33. The Bertz CT molecular complexity index is 1020. The van der Waals surface area contributed by atoms with Crippen LogP contribution in [0.4, 0.5) is 28.7 Å². The van der Waals surface area contributed by atoms with Crippen molar-refractivity contribution in [3.63, 3.8) is 0 Å². The normalized spacial score (nSPS) is 10.8. The second kappa shape index (κ2) is 16.2. The molecule has 200 valence electrons. The molecule has 0 aliphatic heterocycles. The van der Waals surface area contributed by atoms with E-state index in [0.717, 1.165) is 88.2 Å². The molecule has 0 amide bonds. The van der Waals surface area contributed by atoms with Gasteiger partial charge < -0.3 is 24.7 Å². The predicted octanol–water partition coefficient (Wildman–Crippen LogP) is 5.66. The van der Waals surface area contributed by atoms with Crippen LogP contribution in [0.5, 0.6) is 0 Å². The number of benzene rings is 2. The third-order valence-electron chi connectivity index (χ3n) is 5.69. The van der Waals surface area contributed by atoms with Crippen molar-refractivity contribution in [1.29, 1.82) is 5.53 Å². The fraction of sp³-hybridized carbons (Fsp3) is 0.444. The van der Waals surface area contributed by atoms with Gasteiger partial charge in [0.05, 0.1) is 11.4 Å². The molecule has 1 heterocycles. The fourth-order valence-electron chi connectivity index (χ4n) is 3.67. The number of ether oxygens (including phenoxy) is 2. The molecule has 10 heteroatoms. The first-order valence-electron chi connectivity index (χ1n) is 12.8. The molecule has 3 aromatic rings. The van der Waals surface area contributed by atoms with Gasteiger partial charge in [0.1, 0.15) is 0 Å². The van der Waals surface area contributed by atoms with Gasteiger partial charge in [0, 0.05) is 77.4 Å². The van der Waals surface area contributed by atoms with Gasteiger partial charge in [-0.1, -0.05) is 0 Å². The van der Waals surface area contributed by atoms with Crippen LogP contribution in [-0.4, -0.2) is 56.1 Å². The lowest BCUT2D eigenvalue weighted by molar-refractivity contribution is 0.102. The highest BCUT2D eigenvalue weighted by atomic mass is 16.5. The van der Waals surface area contributed by atoms with Crippen LogP contribution in [0.2, 0.25) is 0 Å². The van der Waals surface area contributed by atoms with Gasteiger partial charge in [-0.05, 0) is 74.2 Å². The summed E-state index contributed by atoms with van der Waals surface area (Å²) in [5.41, 5.74) is 14.1. The summed E-state index contributed by atoms with van der Waals surface area (Å²) in [5.74, 6) is 0.848. The van der Waals surface area contributed by atoms with Crippen molar-refractivity contribution in [2.75, 3.05) is 67.6 Å². The predicted molar refractivity (Wildman–Crippen MR) is 150 cm³/mol. The zero-order valence-electron chi connectivity index (χ0n) is 21.9. The minimum Gasteiger partial charge on any atom is -0.385 e. The van der Waals surface area contributed by atoms with E-state index >= 15 is 0 Å². The summed E-state index contributed by atoms with van der Waals surface area (Å²) in [7, 11) is 3.91. The molecule has 37 heavy (non-hydrogen) atoms. The lowest BCUT2D eigenvalue weighted by Crippen LogP contribution is -2.27. The Hall–Kier alpha value is -3.63. The van der Waals surface area contributed by atoms with Crippen molar-refractivity contribution in [2.24, 2.45) is 12.2 Å². The zero-order chi connectivity index (χ0) is 26.1. The molecule has 10 nitrogen and oxygen atoms in total. The number of anilines is 4. The molecule has 0 aliphatic rings. The first-order chi connectivity index (χ1) is 18.2. The van der Waals surface area contributed by atoms with E-state index in [1.54, 1.807) is 6.20 Å². The number of aryl methyl sites for hydroxylation is 1. The molecule has 2 aromatic carbocycles. The highest BCUT2D eigenvalue weighted by molar-refractivity contribution is 5.56. The number of hydrogen-bond donors (Lipinski definition) is 4. The first kappa shape index (κ1) is 27.9. The summed E-state index contributed by atoms with van der Waals surface area (Å²) < 4.78 is 13.4. The van der Waals surface area contributed by atoms with E-state index in [1.807, 2.05) is 66.3 Å². The second-order valence-corrected chi connectivity index (χ2v) is 8.74. The number of hydrazine groups is 1. The summed E-state index contributed by atoms with van der Waals surface area (Å²) in [6.07, 6.45) is 7.65. The van der Waals surface area contributed by atoms with Gasteiger partial charge >= 0.3 is 0 Å². The van der Waals surface area contributed by atoms with Gasteiger partial charge in [0.15, 0.2) is 0 Å². The summed E-state index contributed by atoms with van der Waals surface area (Å²) in [5, 5.41) is 12.1. The van der Waals surface area contributed by atoms with Gasteiger partial charge in [-0.2, -0.15) is 5.11 Å². The molecule has 0 fully saturated rings. The maximum absolute atomic E-state index is 6.97. The second-order valence-electron chi connectivity index (χ2n) is 8.74. The van der Waals surface area contributed by atoms with E-state index in [1.165, 1.54) is 0 Å². The Morgan fingerprint density at radius 1 is 0.811 bits per heavy atom. The van der Waals surface area contributed by atoms with Crippen LogP contribution in [0, 0.1) is 5.53 Å². The molecular weight excluding hydrogens is 468 g/mol. The lowest BCUT2D eigenvalue weighted by atomic mass is 10.3. The zero-order valence-corrected chi connectivity index (χ0v) is 21.9. The van der Waals surface area contributed by atoms with Gasteiger partial charge in [-0.25, -0.2) is 10.5 Å². The summed E-state index contributed by atoms with van der Waals surface area (Å²) >= 11 is 0. The summed E-state index contributed by atoms with van der Waals surface area (Å²) in [6.45, 7) is 4.78. The Balaban J connectivity index is 1.11. The van der Waals surface area contributed by atoms with Crippen molar-refractivity contribution in [3.05, 3.63) is 60.9 Å². The van der Waals surface area contributed by atoms with E-state index in [2.05, 4.69) is 38.3 Å². The van der Waals surface area contributed by atoms with Crippen molar-refractivity contribution in [3.8, 4) is 0 Å². The van der Waals surface area contributed by atoms with Gasteiger partial charge in [0.2, 0.25) is 5.95 Å². The third kappa shape index (κ3) is 10.5. The lowest BCUT2D eigenvalue weighted by Gasteiger charge is -2.20. The highest BCUT2D eigenvalue weighted by Gasteiger charge is 2.05. The molecular formula is C27H40N8O2. The van der Waals surface area contributed by atoms with Crippen molar-refractivity contribution < 1.29 is 9.47 Å². The SMILES string of the molecule is CN(Nc1ccc(NCCCOCCCCOCCCNc2ccc(N=N)cc2)cc1)c1nccn1C. The van der Waals surface area contributed by atoms with Crippen LogP contribution in [0.15, 0.2) is 66.0 Å². The van der Waals surface area contributed by atoms with Gasteiger partial charge in [-0.15, -0.1) is 0 Å². The maximum Gasteiger partial charge on any atom is 0.223 e. The fourth-order valence-corrected chi connectivity index (χ4v) is 3.67. The number of hydrogen-bond acceptors (Lipinski definition) is 9. The average Bonchev–Trinajstić information content (AvgIpc) is 3.36. The monoisotopic (exact) mass is 508 g/mol. The number of aromatic nitrogens is 2. The van der Waals surface area contributed by atoms with Crippen LogP contribution in [0.25, 0.3) is 0 Å². The van der Waals surface area contributed by atoms with Crippen LogP contribution >= 0.6 is 0 Å². The minimum absolute atomic E-state index is 0.662.